The molecule has 0 unspecified atom stereocenters. The summed E-state index contributed by atoms with van der Waals surface area (Å²) in [4.78, 5) is 0. The van der Waals surface area contributed by atoms with Crippen LogP contribution in [0.15, 0.2) is 24.3 Å². The van der Waals surface area contributed by atoms with E-state index in [0.717, 1.165) is 23.0 Å². The van der Waals surface area contributed by atoms with Crippen LogP contribution in [0.5, 0.6) is 0 Å². The maximum atomic E-state index is 9.15. The molecule has 0 bridgehead atoms. The molecule has 0 saturated carbocycles. The molecule has 0 aliphatic heterocycles. The van der Waals surface area contributed by atoms with Crippen molar-refractivity contribution in [2.75, 3.05) is 5.32 Å². The minimum Gasteiger partial charge on any atom is -0.377 e. The zero-order valence-electron chi connectivity index (χ0n) is 10.9. The third-order valence-corrected chi connectivity index (χ3v) is 3.12. The molecule has 92 valence electrons. The molecule has 0 fully saturated rings. The summed E-state index contributed by atoms with van der Waals surface area (Å²) in [6.07, 6.45) is 0.953. The third-order valence-electron chi connectivity index (χ3n) is 3.12. The molecule has 1 N–H and O–H groups in total. The summed E-state index contributed by atoms with van der Waals surface area (Å²) < 4.78 is 0. The van der Waals surface area contributed by atoms with Crippen LogP contribution in [-0.2, 0) is 0 Å². The molecular formula is C14H16N4. The fourth-order valence-corrected chi connectivity index (χ4v) is 1.69. The lowest BCUT2D eigenvalue weighted by atomic mass is 10.0. The van der Waals surface area contributed by atoms with E-state index in [9.17, 15) is 0 Å². The van der Waals surface area contributed by atoms with Gasteiger partial charge in [0.25, 0.3) is 0 Å². The molecule has 4 heteroatoms. The van der Waals surface area contributed by atoms with Crippen LogP contribution in [-0.4, -0.2) is 15.7 Å². The zero-order valence-corrected chi connectivity index (χ0v) is 10.9. The van der Waals surface area contributed by atoms with E-state index >= 15 is 0 Å². The molecule has 0 aliphatic rings. The molecule has 0 saturated heterocycles. The van der Waals surface area contributed by atoms with Crippen molar-refractivity contribution in [3.8, 4) is 6.07 Å². The van der Waals surface area contributed by atoms with Crippen molar-refractivity contribution in [3.05, 3.63) is 30.0 Å². The smallest absolute Gasteiger partial charge is 0.186 e. The van der Waals surface area contributed by atoms with Crippen molar-refractivity contribution in [1.82, 2.24) is 10.2 Å². The zero-order chi connectivity index (χ0) is 13.2. The predicted molar refractivity (Wildman–Crippen MR) is 72.2 cm³/mol. The minimum atomic E-state index is -0.0859. The number of hydrogen-bond donors (Lipinski definition) is 1. The van der Waals surface area contributed by atoms with E-state index in [1.807, 2.05) is 24.3 Å². The monoisotopic (exact) mass is 240 g/mol. The molecule has 1 aromatic heterocycles. The third kappa shape index (κ3) is 2.25. The van der Waals surface area contributed by atoms with Crippen LogP contribution in [0.25, 0.3) is 10.9 Å². The molecule has 1 heterocycles. The van der Waals surface area contributed by atoms with E-state index in [1.165, 1.54) is 0 Å². The molecule has 0 atom stereocenters. The standard InChI is InChI=1S/C14H16N4/c1-4-14(2,3)16-13-10-7-5-6-8-11(10)17-18-12(13)9-15/h5-8H,4H2,1-3H3,(H,16,17). The Labute approximate surface area is 107 Å². The number of anilines is 1. The topological polar surface area (TPSA) is 61.6 Å². The maximum Gasteiger partial charge on any atom is 0.186 e. The second-order valence-corrected chi connectivity index (χ2v) is 4.91. The van der Waals surface area contributed by atoms with Crippen molar-refractivity contribution >= 4 is 16.6 Å². The van der Waals surface area contributed by atoms with Crippen molar-refractivity contribution in [1.29, 1.82) is 5.26 Å². The molecule has 0 radical (unpaired) electrons. The highest BCUT2D eigenvalue weighted by Gasteiger charge is 2.19. The summed E-state index contributed by atoms with van der Waals surface area (Å²) in [6.45, 7) is 6.31. The van der Waals surface area contributed by atoms with E-state index in [2.05, 4.69) is 42.4 Å². The first-order valence-corrected chi connectivity index (χ1v) is 6.01. The summed E-state index contributed by atoms with van der Waals surface area (Å²) in [5.74, 6) is 0. The number of nitrogens with one attached hydrogen (secondary N) is 1. The molecule has 18 heavy (non-hydrogen) atoms. The van der Waals surface area contributed by atoms with Gasteiger partial charge in [0.2, 0.25) is 0 Å². The second kappa shape index (κ2) is 4.61. The van der Waals surface area contributed by atoms with Crippen LogP contribution in [0, 0.1) is 11.3 Å². The molecule has 1 aromatic carbocycles. The van der Waals surface area contributed by atoms with Crippen molar-refractivity contribution in [2.45, 2.75) is 32.7 Å². The van der Waals surface area contributed by atoms with Gasteiger partial charge in [0.05, 0.1) is 11.2 Å². The number of aromatic nitrogens is 2. The van der Waals surface area contributed by atoms with E-state index in [-0.39, 0.29) is 5.54 Å². The predicted octanol–water partition coefficient (Wildman–Crippen LogP) is 3.10. The number of nitrogens with zero attached hydrogens (tertiary/aromatic N) is 3. The van der Waals surface area contributed by atoms with Gasteiger partial charge >= 0.3 is 0 Å². The Morgan fingerprint density at radius 3 is 2.67 bits per heavy atom. The first kappa shape index (κ1) is 12.3. The average Bonchev–Trinajstić information content (AvgIpc) is 2.39. The highest BCUT2D eigenvalue weighted by molar-refractivity contribution is 5.93. The van der Waals surface area contributed by atoms with E-state index < -0.39 is 0 Å². The summed E-state index contributed by atoms with van der Waals surface area (Å²) in [5.41, 5.74) is 1.83. The Kier molecular flexibility index (Phi) is 3.15. The summed E-state index contributed by atoms with van der Waals surface area (Å²) in [5, 5.41) is 21.5. The fourth-order valence-electron chi connectivity index (χ4n) is 1.69. The van der Waals surface area contributed by atoms with Gasteiger partial charge in [0.15, 0.2) is 5.69 Å². The molecule has 2 rings (SSSR count). The molecule has 2 aromatic rings. The van der Waals surface area contributed by atoms with Gasteiger partial charge in [-0.2, -0.15) is 5.26 Å². The van der Waals surface area contributed by atoms with Crippen molar-refractivity contribution in [3.63, 3.8) is 0 Å². The first-order chi connectivity index (χ1) is 8.57. The molecule has 0 amide bonds. The Balaban J connectivity index is 2.63. The normalized spacial score (nSPS) is 11.2. The largest absolute Gasteiger partial charge is 0.377 e. The van der Waals surface area contributed by atoms with Gasteiger partial charge in [-0.3, -0.25) is 0 Å². The fraction of sp³-hybridized carbons (Fsp3) is 0.357. The van der Waals surface area contributed by atoms with Gasteiger partial charge in [0, 0.05) is 10.9 Å². The lowest BCUT2D eigenvalue weighted by Gasteiger charge is -2.26. The van der Waals surface area contributed by atoms with E-state index in [4.69, 9.17) is 5.26 Å². The van der Waals surface area contributed by atoms with Gasteiger partial charge in [-0.05, 0) is 26.3 Å². The Morgan fingerprint density at radius 2 is 2.00 bits per heavy atom. The molecular weight excluding hydrogens is 224 g/mol. The Hall–Kier alpha value is -2.15. The number of nitriles is 1. The summed E-state index contributed by atoms with van der Waals surface area (Å²) in [6, 6.07) is 9.81. The molecule has 0 aliphatic carbocycles. The number of benzene rings is 1. The van der Waals surface area contributed by atoms with Crippen LogP contribution in [0.1, 0.15) is 32.9 Å². The van der Waals surface area contributed by atoms with Crippen LogP contribution < -0.4 is 5.32 Å². The summed E-state index contributed by atoms with van der Waals surface area (Å²) >= 11 is 0. The Morgan fingerprint density at radius 1 is 1.28 bits per heavy atom. The average molecular weight is 240 g/mol. The van der Waals surface area contributed by atoms with Crippen LogP contribution in [0.2, 0.25) is 0 Å². The number of hydrogen-bond acceptors (Lipinski definition) is 4. The summed E-state index contributed by atoms with van der Waals surface area (Å²) in [7, 11) is 0. The highest BCUT2D eigenvalue weighted by Crippen LogP contribution is 2.27. The van der Waals surface area contributed by atoms with Crippen LogP contribution in [0.3, 0.4) is 0 Å². The van der Waals surface area contributed by atoms with Gasteiger partial charge in [-0.1, -0.05) is 25.1 Å². The minimum absolute atomic E-state index is 0.0859. The molecule has 0 spiro atoms. The van der Waals surface area contributed by atoms with Crippen LogP contribution >= 0.6 is 0 Å². The SMILES string of the molecule is CCC(C)(C)Nc1c(C#N)nnc2ccccc12. The lowest BCUT2D eigenvalue weighted by Crippen LogP contribution is -2.30. The van der Waals surface area contributed by atoms with Gasteiger partial charge in [-0.25, -0.2) is 0 Å². The number of rotatable bonds is 3. The number of fused-ring (bicyclic) bond motifs is 1. The van der Waals surface area contributed by atoms with Crippen molar-refractivity contribution in [2.24, 2.45) is 0 Å². The van der Waals surface area contributed by atoms with Gasteiger partial charge in [0.1, 0.15) is 6.07 Å². The Bertz CT molecular complexity index is 611. The van der Waals surface area contributed by atoms with Crippen molar-refractivity contribution < 1.29 is 0 Å². The highest BCUT2D eigenvalue weighted by atomic mass is 15.1. The second-order valence-electron chi connectivity index (χ2n) is 4.91. The van der Waals surface area contributed by atoms with E-state index in [1.54, 1.807) is 0 Å². The maximum absolute atomic E-state index is 9.15. The quantitative estimate of drug-likeness (QED) is 0.895. The van der Waals surface area contributed by atoms with Gasteiger partial charge in [-0.15, -0.1) is 10.2 Å². The molecule has 4 nitrogen and oxygen atoms in total. The van der Waals surface area contributed by atoms with Crippen LogP contribution in [0.4, 0.5) is 5.69 Å². The lowest BCUT2D eigenvalue weighted by molar-refractivity contribution is 0.547. The van der Waals surface area contributed by atoms with E-state index in [0.29, 0.717) is 5.69 Å². The van der Waals surface area contributed by atoms with Gasteiger partial charge < -0.3 is 5.32 Å². The first-order valence-electron chi connectivity index (χ1n) is 6.01.